The van der Waals surface area contributed by atoms with E-state index in [4.69, 9.17) is 17.4 Å². The van der Waals surface area contributed by atoms with Gasteiger partial charge >= 0.3 is 0 Å². The molecular weight excluding hydrogens is 248 g/mol. The van der Waals surface area contributed by atoms with Gasteiger partial charge in [0.2, 0.25) is 0 Å². The number of rotatable bonds is 6. The fourth-order valence-electron chi connectivity index (χ4n) is 1.13. The van der Waals surface area contributed by atoms with Crippen LogP contribution in [0.3, 0.4) is 0 Å². The van der Waals surface area contributed by atoms with Crippen molar-refractivity contribution in [1.82, 2.24) is 5.43 Å². The summed E-state index contributed by atoms with van der Waals surface area (Å²) in [7, 11) is 0. The van der Waals surface area contributed by atoms with Gasteiger partial charge in [-0.3, -0.25) is 11.3 Å². The molecule has 0 aliphatic heterocycles. The zero-order chi connectivity index (χ0) is 11.3. The van der Waals surface area contributed by atoms with E-state index >= 15 is 0 Å². The van der Waals surface area contributed by atoms with Crippen molar-refractivity contribution in [3.8, 4) is 0 Å². The molecule has 15 heavy (non-hydrogen) atoms. The lowest BCUT2D eigenvalue weighted by atomic mass is 10.3. The van der Waals surface area contributed by atoms with Crippen LogP contribution in [-0.4, -0.2) is 11.0 Å². The van der Waals surface area contributed by atoms with Crippen molar-refractivity contribution in [2.24, 2.45) is 5.84 Å². The van der Waals surface area contributed by atoms with Crippen LogP contribution < -0.4 is 11.3 Å². The number of nitrogens with two attached hydrogens (primary N) is 1. The topological polar surface area (TPSA) is 38.0 Å². The van der Waals surface area contributed by atoms with E-state index in [2.05, 4.69) is 19.3 Å². The molecule has 5 heteroatoms. The molecule has 1 aromatic heterocycles. The van der Waals surface area contributed by atoms with E-state index < -0.39 is 0 Å². The molecule has 1 aromatic rings. The number of nitrogens with one attached hydrogen (secondary N) is 1. The van der Waals surface area contributed by atoms with E-state index in [0.29, 0.717) is 5.25 Å². The number of hydrazine groups is 1. The molecule has 1 heterocycles. The van der Waals surface area contributed by atoms with Gasteiger partial charge in [0, 0.05) is 15.9 Å². The van der Waals surface area contributed by atoms with Crippen LogP contribution in [0.1, 0.15) is 31.2 Å². The summed E-state index contributed by atoms with van der Waals surface area (Å²) in [5, 5.41) is 3.47. The second-order valence-electron chi connectivity index (χ2n) is 3.40. The van der Waals surface area contributed by atoms with E-state index in [-0.39, 0.29) is 6.04 Å². The standard InChI is InChI=1S/C10H17ClN2S2/c1-3-7(2)15-6-9(13-12)10-8(11)4-5-14-10/h4-5,7,9,13H,3,6,12H2,1-2H3. The van der Waals surface area contributed by atoms with Crippen molar-refractivity contribution in [1.29, 1.82) is 0 Å². The normalized spacial score (nSPS) is 15.2. The van der Waals surface area contributed by atoms with Crippen molar-refractivity contribution >= 4 is 34.7 Å². The molecule has 0 bridgehead atoms. The molecule has 3 N–H and O–H groups in total. The summed E-state index contributed by atoms with van der Waals surface area (Å²) < 4.78 is 0. The second kappa shape index (κ2) is 6.76. The van der Waals surface area contributed by atoms with Gasteiger partial charge in [0.1, 0.15) is 0 Å². The molecule has 1 rings (SSSR count). The predicted octanol–water partition coefficient (Wildman–Crippen LogP) is 3.44. The Kier molecular flexibility index (Phi) is 6.00. The minimum Gasteiger partial charge on any atom is -0.271 e. The number of halogens is 1. The molecule has 0 fully saturated rings. The van der Waals surface area contributed by atoms with E-state index in [1.165, 1.54) is 6.42 Å². The van der Waals surface area contributed by atoms with Crippen molar-refractivity contribution in [3.05, 3.63) is 21.3 Å². The Balaban J connectivity index is 2.53. The molecule has 0 saturated heterocycles. The Labute approximate surface area is 105 Å². The van der Waals surface area contributed by atoms with Gasteiger partial charge in [0.05, 0.1) is 11.1 Å². The number of hydrogen-bond acceptors (Lipinski definition) is 4. The third-order valence-corrected chi connectivity index (χ3v) is 5.19. The quantitative estimate of drug-likeness (QED) is 0.611. The average Bonchev–Trinajstić information content (AvgIpc) is 2.65. The lowest BCUT2D eigenvalue weighted by molar-refractivity contribution is 0.619. The molecule has 2 unspecified atom stereocenters. The maximum atomic E-state index is 6.07. The number of thioether (sulfide) groups is 1. The molecule has 0 aliphatic carbocycles. The fraction of sp³-hybridized carbons (Fsp3) is 0.600. The van der Waals surface area contributed by atoms with Gasteiger partial charge in [0.25, 0.3) is 0 Å². The first-order valence-electron chi connectivity index (χ1n) is 4.99. The highest BCUT2D eigenvalue weighted by molar-refractivity contribution is 7.99. The molecule has 2 nitrogen and oxygen atoms in total. The van der Waals surface area contributed by atoms with Gasteiger partial charge in [-0.1, -0.05) is 25.4 Å². The summed E-state index contributed by atoms with van der Waals surface area (Å²) in [6.07, 6.45) is 1.18. The lowest BCUT2D eigenvalue weighted by Crippen LogP contribution is -2.29. The third-order valence-electron chi connectivity index (χ3n) is 2.28. The van der Waals surface area contributed by atoms with Crippen molar-refractivity contribution < 1.29 is 0 Å². The Bertz CT molecular complexity index is 291. The van der Waals surface area contributed by atoms with Gasteiger partial charge in [-0.2, -0.15) is 11.8 Å². The van der Waals surface area contributed by atoms with Crippen molar-refractivity contribution in [2.45, 2.75) is 31.6 Å². The summed E-state index contributed by atoms with van der Waals surface area (Å²) in [6.45, 7) is 4.43. The Morgan fingerprint density at radius 1 is 1.67 bits per heavy atom. The number of hydrogen-bond donors (Lipinski definition) is 2. The van der Waals surface area contributed by atoms with Crippen molar-refractivity contribution in [2.75, 3.05) is 5.75 Å². The van der Waals surface area contributed by atoms with E-state index in [9.17, 15) is 0 Å². The highest BCUT2D eigenvalue weighted by atomic mass is 35.5. The maximum absolute atomic E-state index is 6.07. The van der Waals surface area contributed by atoms with Crippen LogP contribution in [0.2, 0.25) is 5.02 Å². The summed E-state index contributed by atoms with van der Waals surface area (Å²) in [5.74, 6) is 6.51. The molecule has 0 radical (unpaired) electrons. The third kappa shape index (κ3) is 3.96. The van der Waals surface area contributed by atoms with Gasteiger partial charge in [-0.15, -0.1) is 11.3 Å². The molecule has 0 spiro atoms. The van der Waals surface area contributed by atoms with Gasteiger partial charge in [-0.25, -0.2) is 0 Å². The van der Waals surface area contributed by atoms with E-state index in [1.807, 2.05) is 23.2 Å². The summed E-state index contributed by atoms with van der Waals surface area (Å²) >= 11 is 9.64. The summed E-state index contributed by atoms with van der Waals surface area (Å²) in [6, 6.07) is 2.08. The van der Waals surface area contributed by atoms with Crippen LogP contribution >= 0.6 is 34.7 Å². The molecule has 86 valence electrons. The largest absolute Gasteiger partial charge is 0.271 e. The molecule has 0 aromatic carbocycles. The van der Waals surface area contributed by atoms with Gasteiger partial charge in [-0.05, 0) is 17.9 Å². The Hall–Kier alpha value is 0.260. The monoisotopic (exact) mass is 264 g/mol. The fourth-order valence-corrected chi connectivity index (χ4v) is 3.51. The summed E-state index contributed by atoms with van der Waals surface area (Å²) in [4.78, 5) is 1.13. The van der Waals surface area contributed by atoms with Crippen LogP contribution in [0, 0.1) is 0 Å². The number of thiophene rings is 1. The van der Waals surface area contributed by atoms with Crippen LogP contribution in [-0.2, 0) is 0 Å². The predicted molar refractivity (Wildman–Crippen MR) is 71.6 cm³/mol. The van der Waals surface area contributed by atoms with E-state index in [1.54, 1.807) is 11.3 Å². The maximum Gasteiger partial charge on any atom is 0.0658 e. The lowest BCUT2D eigenvalue weighted by Gasteiger charge is -2.16. The first-order chi connectivity index (χ1) is 7.19. The average molecular weight is 265 g/mol. The van der Waals surface area contributed by atoms with Gasteiger partial charge < -0.3 is 0 Å². The smallest absolute Gasteiger partial charge is 0.0658 e. The van der Waals surface area contributed by atoms with Crippen LogP contribution in [0.15, 0.2) is 11.4 Å². The van der Waals surface area contributed by atoms with Gasteiger partial charge in [0.15, 0.2) is 0 Å². The minimum absolute atomic E-state index is 0.163. The highest BCUT2D eigenvalue weighted by Crippen LogP contribution is 2.31. The van der Waals surface area contributed by atoms with Crippen LogP contribution in [0.25, 0.3) is 0 Å². The second-order valence-corrected chi connectivity index (χ2v) is 6.23. The summed E-state index contributed by atoms with van der Waals surface area (Å²) in [5.41, 5.74) is 2.83. The highest BCUT2D eigenvalue weighted by Gasteiger charge is 2.15. The Morgan fingerprint density at radius 3 is 2.87 bits per heavy atom. The molecule has 0 saturated carbocycles. The zero-order valence-corrected chi connectivity index (χ0v) is 11.4. The Morgan fingerprint density at radius 2 is 2.40 bits per heavy atom. The molecule has 2 atom stereocenters. The molecule has 0 amide bonds. The van der Waals surface area contributed by atoms with Crippen molar-refractivity contribution in [3.63, 3.8) is 0 Å². The zero-order valence-electron chi connectivity index (χ0n) is 9.00. The first kappa shape index (κ1) is 13.3. The molecule has 0 aliphatic rings. The molecular formula is C10H17ClN2S2. The first-order valence-corrected chi connectivity index (χ1v) is 7.30. The van der Waals surface area contributed by atoms with Crippen LogP contribution in [0.5, 0.6) is 0 Å². The SMILES string of the molecule is CCC(C)SCC(NN)c1sccc1Cl. The minimum atomic E-state index is 0.163. The van der Waals surface area contributed by atoms with E-state index in [0.717, 1.165) is 15.7 Å². The van der Waals surface area contributed by atoms with Crippen LogP contribution in [0.4, 0.5) is 0 Å².